The Morgan fingerprint density at radius 3 is 2.06 bits per heavy atom. The Morgan fingerprint density at radius 2 is 1.47 bits per heavy atom. The number of rotatable bonds is 11. The zero-order valence-corrected chi connectivity index (χ0v) is 17.9. The predicted molar refractivity (Wildman–Crippen MR) is 123 cm³/mol. The Hall–Kier alpha value is -4.00. The summed E-state index contributed by atoms with van der Waals surface area (Å²) in [5.41, 5.74) is 9.92. The lowest BCUT2D eigenvalue weighted by atomic mass is 10.1. The molecule has 3 aromatic rings. The first-order valence-corrected chi connectivity index (χ1v) is 10.1. The van der Waals surface area contributed by atoms with Gasteiger partial charge in [-0.1, -0.05) is 41.6 Å². The molecule has 0 saturated heterocycles. The van der Waals surface area contributed by atoms with Crippen LogP contribution in [0, 0.1) is 0 Å². The van der Waals surface area contributed by atoms with Crippen molar-refractivity contribution in [2.45, 2.75) is 19.4 Å². The van der Waals surface area contributed by atoms with Gasteiger partial charge in [0.15, 0.2) is 0 Å². The Labute approximate surface area is 187 Å². The summed E-state index contributed by atoms with van der Waals surface area (Å²) in [6.07, 6.45) is 0.625. The Balaban J connectivity index is 1.50. The molecule has 0 unspecified atom stereocenters. The van der Waals surface area contributed by atoms with Crippen LogP contribution in [0.4, 0.5) is 5.69 Å². The molecule has 7 nitrogen and oxygen atoms in total. The van der Waals surface area contributed by atoms with Crippen LogP contribution < -0.4 is 15.2 Å². The van der Waals surface area contributed by atoms with Gasteiger partial charge in [0.2, 0.25) is 0 Å². The van der Waals surface area contributed by atoms with Crippen LogP contribution >= 0.6 is 0 Å². The number of nitrogens with zero attached hydrogens (tertiary/aromatic N) is 1. The van der Waals surface area contributed by atoms with Gasteiger partial charge in [0.05, 0.1) is 0 Å². The molecular formula is C25H26N2O5. The van der Waals surface area contributed by atoms with E-state index < -0.39 is 5.97 Å². The summed E-state index contributed by atoms with van der Waals surface area (Å²) in [4.78, 5) is 15.6. The summed E-state index contributed by atoms with van der Waals surface area (Å²) >= 11 is 0. The largest absolute Gasteiger partial charge is 0.489 e. The topological polar surface area (TPSA) is 103 Å². The van der Waals surface area contributed by atoms with Crippen LogP contribution in [-0.2, 0) is 22.7 Å². The van der Waals surface area contributed by atoms with Crippen LogP contribution in [0.25, 0.3) is 0 Å². The molecule has 0 aromatic heterocycles. The smallest absolute Gasteiger partial charge is 0.303 e. The number of aryl methyl sites for hydroxylation is 1. The van der Waals surface area contributed by atoms with Crippen LogP contribution in [0.2, 0.25) is 0 Å². The van der Waals surface area contributed by atoms with E-state index in [1.807, 2.05) is 60.7 Å². The molecule has 0 aliphatic carbocycles. The van der Waals surface area contributed by atoms with Gasteiger partial charge in [-0.05, 0) is 53.9 Å². The van der Waals surface area contributed by atoms with Gasteiger partial charge in [-0.3, -0.25) is 4.79 Å². The number of carboxylic acids is 1. The fraction of sp³-hybridized carbons (Fsp3) is 0.200. The minimum absolute atomic E-state index is 0.118. The fourth-order valence-electron chi connectivity index (χ4n) is 2.95. The summed E-state index contributed by atoms with van der Waals surface area (Å²) < 4.78 is 11.7. The number of nitrogens with two attached hydrogens (primary N) is 1. The summed E-state index contributed by atoms with van der Waals surface area (Å²) in [6.45, 7) is 0.665. The maximum atomic E-state index is 10.7. The first kappa shape index (κ1) is 22.7. The average Bonchev–Trinajstić information content (AvgIpc) is 2.81. The highest BCUT2D eigenvalue weighted by molar-refractivity contribution is 6.01. The number of hydrogen-bond donors (Lipinski definition) is 2. The highest BCUT2D eigenvalue weighted by atomic mass is 16.6. The van der Waals surface area contributed by atoms with Gasteiger partial charge in [0.25, 0.3) is 0 Å². The maximum Gasteiger partial charge on any atom is 0.303 e. The number of carbonyl (C=O) groups is 1. The first-order valence-electron chi connectivity index (χ1n) is 10.1. The van der Waals surface area contributed by atoms with Crippen molar-refractivity contribution in [1.29, 1.82) is 0 Å². The quantitative estimate of drug-likeness (QED) is 0.265. The lowest BCUT2D eigenvalue weighted by Gasteiger charge is -2.10. The molecule has 0 atom stereocenters. The zero-order valence-electron chi connectivity index (χ0n) is 17.9. The first-order chi connectivity index (χ1) is 15.5. The van der Waals surface area contributed by atoms with E-state index in [9.17, 15) is 4.79 Å². The molecule has 0 saturated carbocycles. The van der Waals surface area contributed by atoms with Crippen molar-refractivity contribution in [3.8, 4) is 11.5 Å². The van der Waals surface area contributed by atoms with E-state index in [1.54, 1.807) is 12.1 Å². The molecule has 32 heavy (non-hydrogen) atoms. The molecule has 0 amide bonds. The van der Waals surface area contributed by atoms with Gasteiger partial charge in [-0.25, -0.2) is 0 Å². The standard InChI is InChI=1S/C25H26N2O5/c1-30-27-24(20-7-9-21(26)10-8-20)17-32-23-13-4-19(5-14-23)16-31-22-11-2-18(3-12-22)6-15-25(28)29/h2-5,7-14H,6,15-17,26H2,1H3,(H,28,29)/b27-24+. The third-order valence-electron chi connectivity index (χ3n) is 4.70. The Bertz CT molecular complexity index is 1030. The van der Waals surface area contributed by atoms with E-state index in [1.165, 1.54) is 7.11 Å². The second-order valence-electron chi connectivity index (χ2n) is 7.10. The lowest BCUT2D eigenvalue weighted by molar-refractivity contribution is -0.136. The molecule has 0 fully saturated rings. The summed E-state index contributed by atoms with van der Waals surface area (Å²) in [5, 5.41) is 12.8. The van der Waals surface area contributed by atoms with Crippen molar-refractivity contribution in [3.05, 3.63) is 89.5 Å². The monoisotopic (exact) mass is 434 g/mol. The maximum absolute atomic E-state index is 10.7. The van der Waals surface area contributed by atoms with Gasteiger partial charge in [0, 0.05) is 17.7 Å². The second-order valence-corrected chi connectivity index (χ2v) is 7.10. The van der Waals surface area contributed by atoms with Crippen LogP contribution in [0.15, 0.2) is 78.0 Å². The normalized spacial score (nSPS) is 11.1. The molecule has 7 heteroatoms. The van der Waals surface area contributed by atoms with Crippen molar-refractivity contribution >= 4 is 17.4 Å². The number of ether oxygens (including phenoxy) is 2. The van der Waals surface area contributed by atoms with Crippen LogP contribution in [0.5, 0.6) is 11.5 Å². The van der Waals surface area contributed by atoms with Crippen LogP contribution in [0.3, 0.4) is 0 Å². The highest BCUT2D eigenvalue weighted by Gasteiger charge is 2.07. The number of hydrogen-bond acceptors (Lipinski definition) is 6. The number of oxime groups is 1. The van der Waals surface area contributed by atoms with Gasteiger partial charge >= 0.3 is 5.97 Å². The molecule has 166 valence electrons. The molecule has 0 heterocycles. The molecule has 3 rings (SSSR count). The van der Waals surface area contributed by atoms with E-state index in [0.29, 0.717) is 30.2 Å². The van der Waals surface area contributed by atoms with E-state index in [-0.39, 0.29) is 13.0 Å². The van der Waals surface area contributed by atoms with Crippen molar-refractivity contribution in [1.82, 2.24) is 0 Å². The molecule has 0 radical (unpaired) electrons. The van der Waals surface area contributed by atoms with Gasteiger partial charge in [-0.15, -0.1) is 0 Å². The van der Waals surface area contributed by atoms with Gasteiger partial charge < -0.3 is 25.2 Å². The average molecular weight is 434 g/mol. The Morgan fingerprint density at radius 1 is 0.875 bits per heavy atom. The number of anilines is 1. The fourth-order valence-corrected chi connectivity index (χ4v) is 2.95. The second kappa shape index (κ2) is 11.4. The number of aliphatic carboxylic acids is 1. The van der Waals surface area contributed by atoms with E-state index in [2.05, 4.69) is 5.16 Å². The minimum Gasteiger partial charge on any atom is -0.489 e. The SMILES string of the molecule is CO/N=C(\COc1ccc(COc2ccc(CCC(=O)O)cc2)cc1)c1ccc(N)cc1. The number of nitrogen functional groups attached to an aromatic ring is 1. The molecule has 3 aromatic carbocycles. The molecule has 0 spiro atoms. The molecule has 0 aliphatic rings. The van der Waals surface area contributed by atoms with Crippen molar-refractivity contribution in [2.24, 2.45) is 5.16 Å². The lowest BCUT2D eigenvalue weighted by Crippen LogP contribution is -2.13. The predicted octanol–water partition coefficient (Wildman–Crippen LogP) is 4.29. The van der Waals surface area contributed by atoms with Crippen LogP contribution in [0.1, 0.15) is 23.1 Å². The van der Waals surface area contributed by atoms with Crippen molar-refractivity contribution in [3.63, 3.8) is 0 Å². The molecule has 0 aliphatic heterocycles. The van der Waals surface area contributed by atoms with Gasteiger partial charge in [-0.2, -0.15) is 0 Å². The van der Waals surface area contributed by atoms with Crippen LogP contribution in [-0.4, -0.2) is 30.5 Å². The molecule has 0 bridgehead atoms. The third kappa shape index (κ3) is 7.05. The number of benzene rings is 3. The van der Waals surface area contributed by atoms with E-state index in [4.69, 9.17) is 25.2 Å². The Kier molecular flexibility index (Phi) is 8.09. The molecular weight excluding hydrogens is 408 g/mol. The molecule has 3 N–H and O–H groups in total. The highest BCUT2D eigenvalue weighted by Crippen LogP contribution is 2.18. The number of carboxylic acid groups (broad SMARTS) is 1. The summed E-state index contributed by atoms with van der Waals surface area (Å²) in [5.74, 6) is 0.634. The van der Waals surface area contributed by atoms with Gasteiger partial charge in [0.1, 0.15) is 37.5 Å². The summed E-state index contributed by atoms with van der Waals surface area (Å²) in [6, 6.07) is 22.4. The van der Waals surface area contributed by atoms with Crippen molar-refractivity contribution < 1.29 is 24.2 Å². The zero-order chi connectivity index (χ0) is 22.8. The third-order valence-corrected chi connectivity index (χ3v) is 4.70. The summed E-state index contributed by atoms with van der Waals surface area (Å²) in [7, 11) is 1.50. The minimum atomic E-state index is -0.801. The van der Waals surface area contributed by atoms with E-state index >= 15 is 0 Å². The van der Waals surface area contributed by atoms with E-state index in [0.717, 1.165) is 22.4 Å². The van der Waals surface area contributed by atoms with Crippen molar-refractivity contribution in [2.75, 3.05) is 19.5 Å².